The van der Waals surface area contributed by atoms with Crippen LogP contribution in [0.2, 0.25) is 0 Å². The van der Waals surface area contributed by atoms with Crippen molar-refractivity contribution < 1.29 is 0 Å². The summed E-state index contributed by atoms with van der Waals surface area (Å²) < 4.78 is 5.17. The molecule has 10 aromatic rings. The number of hydrogen-bond acceptors (Lipinski definition) is 3. The Morgan fingerprint density at radius 1 is 0.547 bits per heavy atom. The van der Waals surface area contributed by atoms with Gasteiger partial charge in [0.2, 0.25) is 0 Å². The Kier molecular flexibility index (Phi) is 6.47. The van der Waals surface area contributed by atoms with Gasteiger partial charge in [-0.1, -0.05) is 147 Å². The van der Waals surface area contributed by atoms with Gasteiger partial charge in [-0.15, -0.1) is 11.3 Å². The molecule has 3 nitrogen and oxygen atoms in total. The predicted octanol–water partition coefficient (Wildman–Crippen LogP) is 13.2. The first-order valence-electron chi connectivity index (χ1n) is 18.2. The maximum atomic E-state index is 5.12. The summed E-state index contributed by atoms with van der Waals surface area (Å²) in [5, 5.41) is 5.35. The van der Waals surface area contributed by atoms with Crippen LogP contribution in [0, 0.1) is 0 Å². The van der Waals surface area contributed by atoms with Crippen molar-refractivity contribution in [2.75, 3.05) is 0 Å². The van der Waals surface area contributed by atoms with Crippen LogP contribution in [-0.2, 0) is 5.41 Å². The molecule has 1 aliphatic rings. The maximum absolute atomic E-state index is 5.12. The zero-order valence-electron chi connectivity index (χ0n) is 29.3. The number of rotatable bonds is 4. The van der Waals surface area contributed by atoms with Crippen LogP contribution >= 0.6 is 11.3 Å². The van der Waals surface area contributed by atoms with Crippen LogP contribution in [-0.4, -0.2) is 14.5 Å². The summed E-state index contributed by atoms with van der Waals surface area (Å²) >= 11 is 1.92. The van der Waals surface area contributed by atoms with E-state index in [2.05, 4.69) is 158 Å². The smallest absolute Gasteiger partial charge is 0.160 e. The van der Waals surface area contributed by atoms with E-state index in [9.17, 15) is 0 Å². The average molecular weight is 696 g/mol. The molecule has 0 radical (unpaired) electrons. The Morgan fingerprint density at radius 2 is 1.15 bits per heavy atom. The average Bonchev–Trinajstić information content (AvgIpc) is 3.84. The van der Waals surface area contributed by atoms with Crippen molar-refractivity contribution >= 4 is 53.3 Å². The van der Waals surface area contributed by atoms with Gasteiger partial charge < -0.3 is 4.57 Å². The normalized spacial score (nSPS) is 13.2. The molecular formula is C49H33N3S. The molecule has 53 heavy (non-hydrogen) atoms. The molecule has 7 aromatic carbocycles. The molecule has 0 N–H and O–H groups in total. The van der Waals surface area contributed by atoms with Crippen LogP contribution in [0.5, 0.6) is 0 Å². The lowest BCUT2D eigenvalue weighted by Gasteiger charge is -2.23. The minimum absolute atomic E-state index is 0.167. The second-order valence-electron chi connectivity index (χ2n) is 14.5. The summed E-state index contributed by atoms with van der Waals surface area (Å²) in [5.74, 6) is 0.720. The third-order valence-electron chi connectivity index (χ3n) is 11.2. The highest BCUT2D eigenvalue weighted by Gasteiger charge is 2.40. The summed E-state index contributed by atoms with van der Waals surface area (Å²) in [6, 6.07) is 58.7. The maximum Gasteiger partial charge on any atom is 0.160 e. The van der Waals surface area contributed by atoms with Crippen LogP contribution in [0.25, 0.3) is 92.7 Å². The molecule has 0 amide bonds. The lowest BCUT2D eigenvalue weighted by molar-refractivity contribution is 0.667. The Morgan fingerprint density at radius 3 is 1.91 bits per heavy atom. The molecule has 0 saturated carbocycles. The second kappa shape index (κ2) is 11.3. The third kappa shape index (κ3) is 4.39. The van der Waals surface area contributed by atoms with Crippen molar-refractivity contribution in [3.8, 4) is 50.7 Å². The lowest BCUT2D eigenvalue weighted by Crippen LogP contribution is -2.15. The summed E-state index contributed by atoms with van der Waals surface area (Å²) in [5.41, 5.74) is 14.0. The van der Waals surface area contributed by atoms with Crippen LogP contribution in [0.1, 0.15) is 25.0 Å². The van der Waals surface area contributed by atoms with Crippen molar-refractivity contribution in [2.45, 2.75) is 19.3 Å². The molecule has 4 heteroatoms. The summed E-state index contributed by atoms with van der Waals surface area (Å²) in [6.45, 7) is 4.82. The van der Waals surface area contributed by atoms with Crippen molar-refractivity contribution in [3.63, 3.8) is 0 Å². The van der Waals surface area contributed by atoms with E-state index in [1.54, 1.807) is 0 Å². The number of para-hydroxylation sites is 1. The number of hydrogen-bond donors (Lipinski definition) is 0. The van der Waals surface area contributed by atoms with Crippen LogP contribution in [0.15, 0.2) is 164 Å². The fourth-order valence-electron chi connectivity index (χ4n) is 8.81. The van der Waals surface area contributed by atoms with Crippen molar-refractivity contribution in [3.05, 3.63) is 175 Å². The molecule has 11 rings (SSSR count). The van der Waals surface area contributed by atoms with Gasteiger partial charge in [-0.3, -0.25) is 0 Å². The topological polar surface area (TPSA) is 30.7 Å². The predicted molar refractivity (Wildman–Crippen MR) is 223 cm³/mol. The minimum atomic E-state index is -0.167. The molecule has 3 aromatic heterocycles. The van der Waals surface area contributed by atoms with E-state index < -0.39 is 0 Å². The van der Waals surface area contributed by atoms with Crippen LogP contribution in [0.4, 0.5) is 0 Å². The molecule has 0 bridgehead atoms. The number of thiophene rings is 1. The van der Waals surface area contributed by atoms with Crippen molar-refractivity contribution in [1.82, 2.24) is 14.5 Å². The van der Waals surface area contributed by atoms with Crippen LogP contribution < -0.4 is 0 Å². The quantitative estimate of drug-likeness (QED) is 0.183. The van der Waals surface area contributed by atoms with E-state index >= 15 is 0 Å². The standard InChI is InChI=1S/C49H33N3S/c1-49(2)37-22-12-9-19-34(37)42-43-36-21-11-14-24-41(36)53-47(43)46-44(45(42)49)35-20-10-13-23-40(35)52(46)33-27-25-31(26-28-33)39-29-38(30-15-5-3-6-16-30)50-48(51-39)32-17-7-4-8-18-32/h3-29H,1-2H3. The fraction of sp³-hybridized carbons (Fsp3) is 0.0612. The number of aromatic nitrogens is 3. The molecule has 1 aliphatic carbocycles. The van der Waals surface area contributed by atoms with Gasteiger partial charge in [0.25, 0.3) is 0 Å². The SMILES string of the molecule is CC1(C)c2ccccc2-c2c1c1c3ccccc3n(-c3ccc(-c4cc(-c5ccccc5)nc(-c5ccccc5)n4)cc3)c1c1sc3ccccc3c21. The Labute approximate surface area is 311 Å². The van der Waals surface area contributed by atoms with Gasteiger partial charge in [0, 0.05) is 54.0 Å². The fourth-order valence-corrected chi connectivity index (χ4v) is 10.1. The van der Waals surface area contributed by atoms with E-state index in [0.29, 0.717) is 0 Å². The third-order valence-corrected chi connectivity index (χ3v) is 12.4. The lowest BCUT2D eigenvalue weighted by atomic mass is 9.80. The van der Waals surface area contributed by atoms with Gasteiger partial charge in [0.1, 0.15) is 0 Å². The Bertz CT molecular complexity index is 3000. The molecule has 0 spiro atoms. The number of fused-ring (bicyclic) bond motifs is 12. The van der Waals surface area contributed by atoms with Gasteiger partial charge in [0.15, 0.2) is 5.82 Å². The first-order valence-corrected chi connectivity index (χ1v) is 19.0. The molecule has 0 saturated heterocycles. The first-order chi connectivity index (χ1) is 26.1. The number of nitrogens with zero attached hydrogens (tertiary/aromatic N) is 3. The molecule has 0 aliphatic heterocycles. The van der Waals surface area contributed by atoms with E-state index in [-0.39, 0.29) is 5.41 Å². The van der Waals surface area contributed by atoms with Gasteiger partial charge in [-0.05, 0) is 52.6 Å². The molecule has 0 atom stereocenters. The molecular weight excluding hydrogens is 663 g/mol. The van der Waals surface area contributed by atoms with Gasteiger partial charge >= 0.3 is 0 Å². The highest BCUT2D eigenvalue weighted by molar-refractivity contribution is 7.26. The van der Waals surface area contributed by atoms with E-state index in [1.807, 2.05) is 35.6 Å². The zero-order valence-corrected chi connectivity index (χ0v) is 30.2. The van der Waals surface area contributed by atoms with Gasteiger partial charge in [-0.25, -0.2) is 9.97 Å². The molecule has 3 heterocycles. The van der Waals surface area contributed by atoms with Crippen molar-refractivity contribution in [1.29, 1.82) is 0 Å². The first kappa shape index (κ1) is 30.3. The molecule has 250 valence electrons. The van der Waals surface area contributed by atoms with E-state index in [4.69, 9.17) is 9.97 Å². The van der Waals surface area contributed by atoms with Crippen molar-refractivity contribution in [2.24, 2.45) is 0 Å². The number of benzene rings is 7. The Hall–Kier alpha value is -6.36. The molecule has 0 unspecified atom stereocenters. The summed E-state index contributed by atoms with van der Waals surface area (Å²) in [6.07, 6.45) is 0. The summed E-state index contributed by atoms with van der Waals surface area (Å²) in [4.78, 5) is 10.1. The van der Waals surface area contributed by atoms with Gasteiger partial charge in [-0.2, -0.15) is 0 Å². The Balaban J connectivity index is 1.18. The monoisotopic (exact) mass is 695 g/mol. The minimum Gasteiger partial charge on any atom is -0.308 e. The van der Waals surface area contributed by atoms with Crippen LogP contribution in [0.3, 0.4) is 0 Å². The largest absolute Gasteiger partial charge is 0.308 e. The highest BCUT2D eigenvalue weighted by Crippen LogP contribution is 2.58. The van der Waals surface area contributed by atoms with Gasteiger partial charge in [0.05, 0.1) is 27.1 Å². The highest BCUT2D eigenvalue weighted by atomic mass is 32.1. The van der Waals surface area contributed by atoms with E-state index in [0.717, 1.165) is 39.6 Å². The van der Waals surface area contributed by atoms with E-state index in [1.165, 1.54) is 64.2 Å². The summed E-state index contributed by atoms with van der Waals surface area (Å²) in [7, 11) is 0. The second-order valence-corrected chi connectivity index (χ2v) is 15.6. The molecule has 0 fully saturated rings. The zero-order chi connectivity index (χ0) is 35.3.